The summed E-state index contributed by atoms with van der Waals surface area (Å²) < 4.78 is 6.55. The Morgan fingerprint density at radius 3 is 1.83 bits per heavy atom. The lowest BCUT2D eigenvalue weighted by Gasteiger charge is -2.18. The first-order valence-electron chi connectivity index (χ1n) is 18.0. The first kappa shape index (κ1) is 30.9. The van der Waals surface area contributed by atoms with Crippen molar-refractivity contribution in [2.45, 2.75) is 12.3 Å². The highest BCUT2D eigenvalue weighted by atomic mass is 16.3. The van der Waals surface area contributed by atoms with Crippen LogP contribution in [-0.4, -0.2) is 15.0 Å². The summed E-state index contributed by atoms with van der Waals surface area (Å²) in [5.74, 6) is 2.03. The van der Waals surface area contributed by atoms with Crippen LogP contribution in [0.5, 0.6) is 0 Å². The van der Waals surface area contributed by atoms with Crippen molar-refractivity contribution in [2.75, 3.05) is 0 Å². The van der Waals surface area contributed by atoms with E-state index in [9.17, 15) is 0 Å². The zero-order valence-corrected chi connectivity index (χ0v) is 28.9. The molecule has 0 N–H and O–H groups in total. The molecule has 1 atom stereocenters. The van der Waals surface area contributed by atoms with Crippen LogP contribution in [-0.2, 0) is 0 Å². The Bertz CT molecular complexity index is 2850. The first-order valence-corrected chi connectivity index (χ1v) is 18.0. The van der Waals surface area contributed by atoms with Crippen LogP contribution in [0.3, 0.4) is 0 Å². The number of para-hydroxylation sites is 1. The highest BCUT2D eigenvalue weighted by Crippen LogP contribution is 2.41. The fraction of sp³-hybridized carbons (Fsp3) is 0.0408. The molecule has 9 aromatic rings. The summed E-state index contributed by atoms with van der Waals surface area (Å²) >= 11 is 0. The summed E-state index contributed by atoms with van der Waals surface area (Å²) in [6, 6.07) is 56.9. The van der Waals surface area contributed by atoms with Crippen molar-refractivity contribution in [3.05, 3.63) is 193 Å². The molecule has 0 amide bonds. The Labute approximate surface area is 307 Å². The highest BCUT2D eigenvalue weighted by Gasteiger charge is 2.22. The van der Waals surface area contributed by atoms with Gasteiger partial charge in [-0.25, -0.2) is 15.0 Å². The van der Waals surface area contributed by atoms with Gasteiger partial charge in [-0.05, 0) is 69.3 Å². The van der Waals surface area contributed by atoms with Gasteiger partial charge in [-0.2, -0.15) is 0 Å². The van der Waals surface area contributed by atoms with E-state index in [1.54, 1.807) is 0 Å². The van der Waals surface area contributed by atoms with E-state index in [1.165, 1.54) is 27.5 Å². The number of furan rings is 1. The topological polar surface area (TPSA) is 51.8 Å². The van der Waals surface area contributed by atoms with E-state index >= 15 is 0 Å². The van der Waals surface area contributed by atoms with Crippen LogP contribution in [0.2, 0.25) is 0 Å². The molecule has 1 unspecified atom stereocenters. The van der Waals surface area contributed by atoms with E-state index in [2.05, 4.69) is 133 Å². The molecule has 0 saturated heterocycles. The van der Waals surface area contributed by atoms with Gasteiger partial charge in [0.2, 0.25) is 0 Å². The highest BCUT2D eigenvalue weighted by molar-refractivity contribution is 6.12. The summed E-state index contributed by atoms with van der Waals surface area (Å²) in [5, 5.41) is 4.55. The second-order valence-electron chi connectivity index (χ2n) is 13.6. The molecule has 10 rings (SSSR count). The minimum atomic E-state index is 0.163. The largest absolute Gasteiger partial charge is 0.456 e. The van der Waals surface area contributed by atoms with Gasteiger partial charge < -0.3 is 4.42 Å². The molecule has 1 aliphatic carbocycles. The predicted molar refractivity (Wildman–Crippen MR) is 217 cm³/mol. The van der Waals surface area contributed by atoms with E-state index in [0.717, 1.165) is 56.2 Å². The van der Waals surface area contributed by atoms with Crippen molar-refractivity contribution < 1.29 is 4.42 Å². The minimum Gasteiger partial charge on any atom is -0.456 e. The SMILES string of the molecule is C1=CC(c2cc(-c3nc(-c4ccccc4)nc(-c4ccc(-c5ccccc5)cc4)n3)c3c(c2)oc2ccccc23)CC=C1c1ccc2ccccc2c1. The number of rotatable bonds is 6. The number of allylic oxidation sites excluding steroid dienone is 4. The Morgan fingerprint density at radius 1 is 0.472 bits per heavy atom. The zero-order chi connectivity index (χ0) is 35.1. The van der Waals surface area contributed by atoms with Gasteiger partial charge in [-0.1, -0.05) is 158 Å². The van der Waals surface area contributed by atoms with Crippen LogP contribution in [0, 0.1) is 0 Å². The summed E-state index contributed by atoms with van der Waals surface area (Å²) in [5.41, 5.74) is 10.4. The van der Waals surface area contributed by atoms with Crippen LogP contribution >= 0.6 is 0 Å². The molecule has 2 heterocycles. The van der Waals surface area contributed by atoms with E-state index < -0.39 is 0 Å². The molecular weight excluding hydrogens is 647 g/mol. The molecule has 0 fully saturated rings. The number of nitrogens with zero attached hydrogens (tertiary/aromatic N) is 3. The summed E-state index contributed by atoms with van der Waals surface area (Å²) in [6.07, 6.45) is 7.80. The van der Waals surface area contributed by atoms with E-state index in [4.69, 9.17) is 19.4 Å². The Balaban J connectivity index is 1.10. The van der Waals surface area contributed by atoms with Crippen LogP contribution in [0.4, 0.5) is 0 Å². The fourth-order valence-corrected chi connectivity index (χ4v) is 7.50. The molecule has 0 spiro atoms. The lowest BCUT2D eigenvalue weighted by molar-refractivity contribution is 0.667. The van der Waals surface area contributed by atoms with E-state index in [1.807, 2.05) is 48.5 Å². The maximum atomic E-state index is 6.55. The smallest absolute Gasteiger partial charge is 0.164 e. The number of hydrogen-bond acceptors (Lipinski definition) is 4. The summed E-state index contributed by atoms with van der Waals surface area (Å²) in [7, 11) is 0. The average Bonchev–Trinajstić information content (AvgIpc) is 3.62. The van der Waals surface area contributed by atoms with Crippen LogP contribution in [0.15, 0.2) is 186 Å². The molecule has 4 heteroatoms. The monoisotopic (exact) mass is 679 g/mol. The van der Waals surface area contributed by atoms with Crippen LogP contribution in [0.1, 0.15) is 23.5 Å². The van der Waals surface area contributed by atoms with E-state index in [0.29, 0.717) is 17.5 Å². The Hall–Kier alpha value is -6.91. The van der Waals surface area contributed by atoms with Gasteiger partial charge in [0.25, 0.3) is 0 Å². The Kier molecular flexibility index (Phi) is 7.58. The lowest BCUT2D eigenvalue weighted by atomic mass is 9.86. The molecule has 7 aromatic carbocycles. The van der Waals surface area contributed by atoms with Gasteiger partial charge in [0.15, 0.2) is 17.5 Å². The van der Waals surface area contributed by atoms with Gasteiger partial charge in [0.1, 0.15) is 11.2 Å². The van der Waals surface area contributed by atoms with Gasteiger partial charge in [-0.15, -0.1) is 0 Å². The van der Waals surface area contributed by atoms with Crippen molar-refractivity contribution in [1.82, 2.24) is 15.0 Å². The second kappa shape index (κ2) is 13.0. The van der Waals surface area contributed by atoms with Crippen molar-refractivity contribution in [1.29, 1.82) is 0 Å². The third-order valence-electron chi connectivity index (χ3n) is 10.3. The third kappa shape index (κ3) is 5.81. The first-order chi connectivity index (χ1) is 26.2. The maximum absolute atomic E-state index is 6.55. The van der Waals surface area contributed by atoms with Gasteiger partial charge in [0.05, 0.1) is 0 Å². The van der Waals surface area contributed by atoms with Gasteiger partial charge in [-0.3, -0.25) is 0 Å². The molecule has 53 heavy (non-hydrogen) atoms. The molecular formula is C49H33N3O. The van der Waals surface area contributed by atoms with E-state index in [-0.39, 0.29) is 5.92 Å². The molecule has 0 aliphatic heterocycles. The predicted octanol–water partition coefficient (Wildman–Crippen LogP) is 12.7. The fourth-order valence-electron chi connectivity index (χ4n) is 7.50. The zero-order valence-electron chi connectivity index (χ0n) is 28.9. The van der Waals surface area contributed by atoms with Gasteiger partial charge in [0, 0.05) is 33.4 Å². The van der Waals surface area contributed by atoms with Crippen molar-refractivity contribution in [3.63, 3.8) is 0 Å². The number of benzene rings is 7. The number of fused-ring (bicyclic) bond motifs is 4. The minimum absolute atomic E-state index is 0.163. The van der Waals surface area contributed by atoms with Crippen molar-refractivity contribution in [3.8, 4) is 45.3 Å². The quantitative estimate of drug-likeness (QED) is 0.175. The van der Waals surface area contributed by atoms with Crippen molar-refractivity contribution in [2.24, 2.45) is 0 Å². The number of hydrogen-bond donors (Lipinski definition) is 0. The van der Waals surface area contributed by atoms with Gasteiger partial charge >= 0.3 is 0 Å². The molecule has 250 valence electrons. The third-order valence-corrected chi connectivity index (χ3v) is 10.3. The molecule has 0 radical (unpaired) electrons. The standard InChI is InChI=1S/C49H33N3O/c1-3-11-32(12-4-1)34-23-26-38(27-24-34)48-50-47(37-14-5-2-6-15-37)51-49(52-48)43-30-41(31-45-46(43)42-17-9-10-18-44(42)53-45)36-21-19-35(20-22-36)40-28-25-33-13-7-8-16-39(33)29-40/h1-21,23-31,36H,22H2. The second-order valence-corrected chi connectivity index (χ2v) is 13.6. The lowest BCUT2D eigenvalue weighted by Crippen LogP contribution is -2.03. The van der Waals surface area contributed by atoms with Crippen LogP contribution < -0.4 is 0 Å². The summed E-state index contributed by atoms with van der Waals surface area (Å²) in [6.45, 7) is 0. The maximum Gasteiger partial charge on any atom is 0.164 e. The molecule has 0 bridgehead atoms. The number of aromatic nitrogens is 3. The molecule has 1 aliphatic rings. The normalized spacial score (nSPS) is 14.2. The molecule has 4 nitrogen and oxygen atoms in total. The average molecular weight is 680 g/mol. The summed E-state index contributed by atoms with van der Waals surface area (Å²) in [4.78, 5) is 15.4. The molecule has 2 aromatic heterocycles. The Morgan fingerprint density at radius 2 is 1.08 bits per heavy atom. The molecule has 0 saturated carbocycles. The van der Waals surface area contributed by atoms with Crippen molar-refractivity contribution >= 4 is 38.3 Å². The van der Waals surface area contributed by atoms with Crippen LogP contribution in [0.25, 0.3) is 83.6 Å².